The van der Waals surface area contributed by atoms with E-state index in [2.05, 4.69) is 38.3 Å². The third-order valence-electron chi connectivity index (χ3n) is 5.27. The van der Waals surface area contributed by atoms with E-state index in [-0.39, 0.29) is 12.1 Å². The van der Waals surface area contributed by atoms with Crippen molar-refractivity contribution in [2.24, 2.45) is 0 Å². The van der Waals surface area contributed by atoms with Gasteiger partial charge in [-0.1, -0.05) is 0 Å². The average molecular weight is 346 g/mol. The molecule has 3 heterocycles. The average Bonchev–Trinajstić information content (AvgIpc) is 2.71. The summed E-state index contributed by atoms with van der Waals surface area (Å²) in [7, 11) is 6.36. The van der Waals surface area contributed by atoms with Crippen molar-refractivity contribution in [3.8, 4) is 0 Å². The lowest BCUT2D eigenvalue weighted by molar-refractivity contribution is 0.00708. The Kier molecular flexibility index (Phi) is 4.56. The summed E-state index contributed by atoms with van der Waals surface area (Å²) >= 11 is 0. The summed E-state index contributed by atoms with van der Waals surface area (Å²) < 4.78 is 6.38. The van der Waals surface area contributed by atoms with E-state index in [1.165, 1.54) is 12.0 Å². The molecule has 0 aliphatic carbocycles. The molecule has 0 unspecified atom stereocenters. The van der Waals surface area contributed by atoms with Crippen LogP contribution in [-0.2, 0) is 4.74 Å². The van der Waals surface area contributed by atoms with E-state index in [0.717, 1.165) is 25.1 Å². The lowest BCUT2D eigenvalue weighted by Gasteiger charge is -2.37. The molecule has 0 aromatic carbocycles. The van der Waals surface area contributed by atoms with E-state index < -0.39 is 5.60 Å². The van der Waals surface area contributed by atoms with Crippen LogP contribution in [0.25, 0.3) is 0 Å². The van der Waals surface area contributed by atoms with Gasteiger partial charge in [0.15, 0.2) is 0 Å². The molecule has 1 amide bonds. The molecular weight excluding hydrogens is 314 g/mol. The first-order chi connectivity index (χ1) is 11.6. The number of aromatic nitrogens is 1. The molecule has 1 aromatic rings. The number of pyridine rings is 1. The third-order valence-corrected chi connectivity index (χ3v) is 5.27. The van der Waals surface area contributed by atoms with E-state index in [0.29, 0.717) is 16.4 Å². The lowest BCUT2D eigenvalue weighted by atomic mass is 9.91. The molecule has 3 atom stereocenters. The fraction of sp³-hybridized carbons (Fsp3) is 0.700. The summed E-state index contributed by atoms with van der Waals surface area (Å²) in [6.45, 7) is 5.80. The van der Waals surface area contributed by atoms with Crippen molar-refractivity contribution in [1.82, 2.24) is 14.4 Å². The van der Waals surface area contributed by atoms with Gasteiger partial charge in [-0.3, -0.25) is 4.48 Å². The van der Waals surface area contributed by atoms with Crippen LogP contribution in [0.5, 0.6) is 0 Å². The van der Waals surface area contributed by atoms with Crippen LogP contribution in [-0.4, -0.2) is 54.8 Å². The molecule has 2 fully saturated rings. The highest BCUT2D eigenvalue weighted by atomic mass is 16.6. The highest BCUT2D eigenvalue weighted by Crippen LogP contribution is 2.45. The fourth-order valence-electron chi connectivity index (χ4n) is 4.16. The van der Waals surface area contributed by atoms with Gasteiger partial charge in [0, 0.05) is 30.3 Å². The van der Waals surface area contributed by atoms with Gasteiger partial charge in [-0.05, 0) is 58.1 Å². The van der Waals surface area contributed by atoms with Crippen molar-refractivity contribution >= 4 is 11.9 Å². The first kappa shape index (κ1) is 18.2. The number of nitrogens with zero attached hydrogens (tertiary/aromatic N) is 3. The van der Waals surface area contributed by atoms with Crippen molar-refractivity contribution in [3.05, 3.63) is 23.9 Å². The quantitative estimate of drug-likeness (QED) is 0.762. The molecule has 0 radical (unpaired) electrons. The van der Waals surface area contributed by atoms with Gasteiger partial charge >= 0.3 is 6.09 Å². The Labute approximate surface area is 151 Å². The number of hydrogen-bond donors (Lipinski definition) is 0. The normalized spacial score (nSPS) is 26.6. The number of hydrogen-bond acceptors (Lipinski definition) is 3. The number of quaternary nitrogens is 1. The molecule has 0 N–H and O–H groups in total. The van der Waals surface area contributed by atoms with Crippen LogP contribution in [0.4, 0.5) is 10.6 Å². The van der Waals surface area contributed by atoms with Gasteiger partial charge in [0.05, 0.1) is 21.1 Å². The van der Waals surface area contributed by atoms with Gasteiger partial charge < -0.3 is 9.64 Å². The molecule has 3 rings (SSSR count). The van der Waals surface area contributed by atoms with E-state index in [4.69, 9.17) is 4.74 Å². The Bertz CT molecular complexity index is 628. The van der Waals surface area contributed by atoms with Crippen LogP contribution in [0.1, 0.15) is 57.9 Å². The number of piperidine rings is 1. The monoisotopic (exact) mass is 346 g/mol. The summed E-state index contributed by atoms with van der Waals surface area (Å²) in [4.78, 5) is 19.4. The standard InChI is InChI=1S/C20H32N3O2/c1-20(2,3)25-19(24)22-15-8-7-9-17(22)16(12-15)14-10-11-18(21-13-14)23(4,5)6/h10-11,13,15-17H,7-9,12H2,1-6H3/q+1/t15-,16+,17+/m1/s1. The minimum absolute atomic E-state index is 0.152. The fourth-order valence-corrected chi connectivity index (χ4v) is 4.16. The second-order valence-electron chi connectivity index (χ2n) is 9.34. The molecule has 25 heavy (non-hydrogen) atoms. The molecule has 2 aliphatic rings. The minimum Gasteiger partial charge on any atom is -0.444 e. The molecule has 138 valence electrons. The van der Waals surface area contributed by atoms with Crippen molar-refractivity contribution in [3.63, 3.8) is 0 Å². The number of ether oxygens (including phenoxy) is 1. The van der Waals surface area contributed by atoms with Crippen molar-refractivity contribution in [1.29, 1.82) is 0 Å². The topological polar surface area (TPSA) is 42.4 Å². The van der Waals surface area contributed by atoms with Crippen LogP contribution < -0.4 is 4.48 Å². The van der Waals surface area contributed by atoms with Gasteiger partial charge in [-0.25, -0.2) is 9.78 Å². The van der Waals surface area contributed by atoms with Gasteiger partial charge in [0.25, 0.3) is 0 Å². The largest absolute Gasteiger partial charge is 0.444 e. The summed E-state index contributed by atoms with van der Waals surface area (Å²) in [5.41, 5.74) is 0.803. The number of rotatable bonds is 2. The number of amides is 1. The number of carbonyl (C=O) groups excluding carboxylic acids is 1. The first-order valence-electron chi connectivity index (χ1n) is 9.35. The Morgan fingerprint density at radius 2 is 1.96 bits per heavy atom. The second-order valence-corrected chi connectivity index (χ2v) is 9.34. The Hall–Kier alpha value is -1.62. The molecule has 5 heteroatoms. The molecule has 5 nitrogen and oxygen atoms in total. The molecule has 2 saturated heterocycles. The summed E-state index contributed by atoms with van der Waals surface area (Å²) in [5, 5.41) is 0. The first-order valence-corrected chi connectivity index (χ1v) is 9.35. The van der Waals surface area contributed by atoms with Crippen LogP contribution >= 0.6 is 0 Å². The highest BCUT2D eigenvalue weighted by Gasteiger charge is 2.47. The Morgan fingerprint density at radius 3 is 2.52 bits per heavy atom. The van der Waals surface area contributed by atoms with E-state index in [1.807, 2.05) is 31.9 Å². The zero-order valence-corrected chi connectivity index (χ0v) is 16.5. The summed E-state index contributed by atoms with van der Waals surface area (Å²) in [6, 6.07) is 4.86. The van der Waals surface area contributed by atoms with Gasteiger partial charge in [0.1, 0.15) is 5.60 Å². The van der Waals surface area contributed by atoms with E-state index in [9.17, 15) is 4.79 Å². The van der Waals surface area contributed by atoms with Crippen LogP contribution in [0, 0.1) is 0 Å². The third kappa shape index (κ3) is 3.81. The molecule has 0 spiro atoms. The Morgan fingerprint density at radius 1 is 1.24 bits per heavy atom. The number of fused-ring (bicyclic) bond motifs is 2. The maximum absolute atomic E-state index is 12.7. The predicted octanol–water partition coefficient (Wildman–Crippen LogP) is 3.92. The highest BCUT2D eigenvalue weighted by molar-refractivity contribution is 5.70. The predicted molar refractivity (Wildman–Crippen MR) is 101 cm³/mol. The Balaban J connectivity index is 1.81. The number of carbonyl (C=O) groups is 1. The van der Waals surface area contributed by atoms with E-state index >= 15 is 0 Å². The molecule has 0 saturated carbocycles. The zero-order chi connectivity index (χ0) is 18.4. The summed E-state index contributed by atoms with van der Waals surface area (Å²) in [6.07, 6.45) is 6.21. The maximum Gasteiger partial charge on any atom is 0.410 e. The summed E-state index contributed by atoms with van der Waals surface area (Å²) in [5.74, 6) is 1.42. The van der Waals surface area contributed by atoms with E-state index in [1.54, 1.807) is 0 Å². The second kappa shape index (κ2) is 6.27. The molecule has 2 aliphatic heterocycles. The van der Waals surface area contributed by atoms with Crippen LogP contribution in [0.3, 0.4) is 0 Å². The van der Waals surface area contributed by atoms with Crippen molar-refractivity contribution in [2.75, 3.05) is 21.1 Å². The van der Waals surface area contributed by atoms with Crippen molar-refractivity contribution < 1.29 is 9.53 Å². The van der Waals surface area contributed by atoms with Gasteiger partial charge in [-0.2, -0.15) is 0 Å². The minimum atomic E-state index is -0.447. The van der Waals surface area contributed by atoms with Crippen molar-refractivity contribution in [2.45, 2.75) is 70.1 Å². The van der Waals surface area contributed by atoms with Gasteiger partial charge in [0.2, 0.25) is 5.82 Å². The zero-order valence-electron chi connectivity index (χ0n) is 16.5. The molecule has 2 bridgehead atoms. The molecular formula is C20H32N3O2+. The van der Waals surface area contributed by atoms with Crippen LogP contribution in [0.2, 0.25) is 0 Å². The van der Waals surface area contributed by atoms with Crippen LogP contribution in [0.15, 0.2) is 18.3 Å². The SMILES string of the molecule is CC(C)(C)OC(=O)N1[C@@H]2CCC[C@H]1[C@H](c1ccc([N+](C)(C)C)nc1)C2. The smallest absolute Gasteiger partial charge is 0.410 e. The molecule has 1 aromatic heterocycles. The maximum atomic E-state index is 12.7. The van der Waals surface area contributed by atoms with Gasteiger partial charge in [-0.15, -0.1) is 0 Å². The lowest BCUT2D eigenvalue weighted by Crippen LogP contribution is -2.47.